The number of piperidine rings is 1. The fraction of sp³-hybridized carbons (Fsp3) is 0.480. The molecule has 1 aromatic heterocycles. The van der Waals surface area contributed by atoms with E-state index < -0.39 is 6.04 Å². The molecule has 0 saturated carbocycles. The molecule has 3 atom stereocenters. The Balaban J connectivity index is 1.38. The summed E-state index contributed by atoms with van der Waals surface area (Å²) in [5.74, 6) is 0.870. The molecular weight excluding hydrogens is 420 g/mol. The minimum atomic E-state index is -0.632. The number of pyridine rings is 1. The van der Waals surface area contributed by atoms with Crippen molar-refractivity contribution in [3.05, 3.63) is 64.1 Å². The minimum Gasteiger partial charge on any atom is -0.497 e. The fourth-order valence-electron chi connectivity index (χ4n) is 4.86. The molecule has 1 aromatic carbocycles. The SMILES string of the molecule is COc1ccc(CNC(=O)C(NC(=O)N2CC3CC(C2)c2cccc(=O)n2C3)C(C)C)cc1. The summed E-state index contributed by atoms with van der Waals surface area (Å²) in [4.78, 5) is 40.0. The monoisotopic (exact) mass is 452 g/mol. The predicted octanol–water partition coefficient (Wildman–Crippen LogP) is 2.33. The zero-order valence-corrected chi connectivity index (χ0v) is 19.4. The molecule has 0 spiro atoms. The van der Waals surface area contributed by atoms with Crippen molar-refractivity contribution in [3.63, 3.8) is 0 Å². The van der Waals surface area contributed by atoms with Gasteiger partial charge in [-0.3, -0.25) is 9.59 Å². The molecule has 176 valence electrons. The van der Waals surface area contributed by atoms with Gasteiger partial charge in [0.2, 0.25) is 5.91 Å². The average Bonchev–Trinajstić information content (AvgIpc) is 2.81. The summed E-state index contributed by atoms with van der Waals surface area (Å²) in [6.45, 7) is 5.98. The van der Waals surface area contributed by atoms with E-state index in [0.717, 1.165) is 23.4 Å². The van der Waals surface area contributed by atoms with E-state index in [4.69, 9.17) is 4.74 Å². The van der Waals surface area contributed by atoms with E-state index >= 15 is 0 Å². The first-order chi connectivity index (χ1) is 15.9. The summed E-state index contributed by atoms with van der Waals surface area (Å²) < 4.78 is 7.01. The molecule has 3 heterocycles. The lowest BCUT2D eigenvalue weighted by Crippen LogP contribution is -2.57. The van der Waals surface area contributed by atoms with Crippen LogP contribution in [0.15, 0.2) is 47.3 Å². The number of hydrogen-bond acceptors (Lipinski definition) is 4. The molecule has 33 heavy (non-hydrogen) atoms. The van der Waals surface area contributed by atoms with Gasteiger partial charge in [-0.1, -0.05) is 32.0 Å². The number of nitrogens with one attached hydrogen (secondary N) is 2. The van der Waals surface area contributed by atoms with Gasteiger partial charge in [-0.05, 0) is 42.0 Å². The zero-order valence-electron chi connectivity index (χ0n) is 19.4. The molecule has 2 aromatic rings. The van der Waals surface area contributed by atoms with Gasteiger partial charge in [0.1, 0.15) is 11.8 Å². The van der Waals surface area contributed by atoms with Gasteiger partial charge in [-0.2, -0.15) is 0 Å². The number of hydrogen-bond donors (Lipinski definition) is 2. The fourth-order valence-corrected chi connectivity index (χ4v) is 4.86. The lowest BCUT2D eigenvalue weighted by Gasteiger charge is -2.43. The lowest BCUT2D eigenvalue weighted by atomic mass is 9.83. The number of carbonyl (C=O) groups excluding carboxylic acids is 2. The maximum absolute atomic E-state index is 13.1. The number of amides is 3. The standard InChI is InChI=1S/C25H32N4O4/c1-16(2)23(24(31)26-12-17-7-9-20(33-3)10-8-17)27-25(32)28-13-18-11-19(15-28)21-5-4-6-22(30)29(21)14-18/h4-10,16,18-19,23H,11-15H2,1-3H3,(H,26,31)(H,27,32). The number of methoxy groups -OCH3 is 1. The molecule has 2 aliphatic heterocycles. The van der Waals surface area contributed by atoms with Crippen LogP contribution in [0.25, 0.3) is 0 Å². The maximum Gasteiger partial charge on any atom is 0.318 e. The highest BCUT2D eigenvalue weighted by atomic mass is 16.5. The largest absolute Gasteiger partial charge is 0.497 e. The van der Waals surface area contributed by atoms with E-state index in [2.05, 4.69) is 10.6 Å². The van der Waals surface area contributed by atoms with Gasteiger partial charge in [0.25, 0.3) is 5.56 Å². The van der Waals surface area contributed by atoms with Crippen molar-refractivity contribution in [1.29, 1.82) is 0 Å². The third kappa shape index (κ3) is 5.05. The molecule has 8 nitrogen and oxygen atoms in total. The second kappa shape index (κ2) is 9.68. The lowest BCUT2D eigenvalue weighted by molar-refractivity contribution is -0.124. The van der Waals surface area contributed by atoms with Crippen LogP contribution in [0.1, 0.15) is 37.4 Å². The predicted molar refractivity (Wildman–Crippen MR) is 125 cm³/mol. The number of nitrogens with zero attached hydrogens (tertiary/aromatic N) is 2. The highest BCUT2D eigenvalue weighted by molar-refractivity contribution is 5.87. The molecule has 1 fully saturated rings. The molecule has 2 bridgehead atoms. The van der Waals surface area contributed by atoms with Crippen LogP contribution in [-0.2, 0) is 17.9 Å². The molecular formula is C25H32N4O4. The third-order valence-electron chi connectivity index (χ3n) is 6.62. The van der Waals surface area contributed by atoms with Crippen molar-refractivity contribution in [2.45, 2.75) is 45.3 Å². The molecule has 0 radical (unpaired) electrons. The number of likely N-dealkylation sites (tertiary alicyclic amines) is 1. The molecule has 3 unspecified atom stereocenters. The van der Waals surface area contributed by atoms with Crippen LogP contribution in [0.2, 0.25) is 0 Å². The van der Waals surface area contributed by atoms with E-state index in [9.17, 15) is 14.4 Å². The molecule has 3 amide bonds. The van der Waals surface area contributed by atoms with Gasteiger partial charge in [-0.25, -0.2) is 4.79 Å². The highest BCUT2D eigenvalue weighted by Crippen LogP contribution is 2.34. The Morgan fingerprint density at radius 3 is 2.55 bits per heavy atom. The first kappa shape index (κ1) is 22.9. The zero-order chi connectivity index (χ0) is 23.5. The number of urea groups is 1. The smallest absolute Gasteiger partial charge is 0.318 e. The second-order valence-corrected chi connectivity index (χ2v) is 9.34. The molecule has 8 heteroatoms. The maximum atomic E-state index is 13.1. The molecule has 0 aliphatic carbocycles. The van der Waals surface area contributed by atoms with Crippen molar-refractivity contribution >= 4 is 11.9 Å². The van der Waals surface area contributed by atoms with Crippen molar-refractivity contribution in [2.24, 2.45) is 11.8 Å². The van der Waals surface area contributed by atoms with Crippen LogP contribution >= 0.6 is 0 Å². The van der Waals surface area contributed by atoms with Crippen LogP contribution in [0.5, 0.6) is 5.75 Å². The van der Waals surface area contributed by atoms with Gasteiger partial charge < -0.3 is 24.8 Å². The minimum absolute atomic E-state index is 0.0218. The summed E-state index contributed by atoms with van der Waals surface area (Å²) in [6.07, 6.45) is 0.975. The average molecular weight is 453 g/mol. The van der Waals surface area contributed by atoms with Gasteiger partial charge in [-0.15, -0.1) is 0 Å². The van der Waals surface area contributed by atoms with Crippen molar-refractivity contribution in [2.75, 3.05) is 20.2 Å². The van der Waals surface area contributed by atoms with E-state index in [-0.39, 0.29) is 35.3 Å². The Hall–Kier alpha value is -3.29. The highest BCUT2D eigenvalue weighted by Gasteiger charge is 2.37. The Bertz CT molecular complexity index is 1060. The van der Waals surface area contributed by atoms with Crippen molar-refractivity contribution in [1.82, 2.24) is 20.1 Å². The van der Waals surface area contributed by atoms with Crippen molar-refractivity contribution in [3.8, 4) is 5.75 Å². The van der Waals surface area contributed by atoms with Gasteiger partial charge in [0, 0.05) is 43.9 Å². The summed E-state index contributed by atoms with van der Waals surface area (Å²) >= 11 is 0. The second-order valence-electron chi connectivity index (χ2n) is 9.34. The van der Waals surface area contributed by atoms with E-state index in [1.165, 1.54) is 0 Å². The van der Waals surface area contributed by atoms with E-state index in [1.807, 2.05) is 48.7 Å². The molecule has 1 saturated heterocycles. The number of ether oxygens (including phenoxy) is 1. The van der Waals surface area contributed by atoms with Gasteiger partial charge in [0.15, 0.2) is 0 Å². The molecule has 2 aliphatic rings. The first-order valence-electron chi connectivity index (χ1n) is 11.5. The molecule has 2 N–H and O–H groups in total. The Morgan fingerprint density at radius 2 is 1.85 bits per heavy atom. The quantitative estimate of drug-likeness (QED) is 0.704. The topological polar surface area (TPSA) is 92.7 Å². The first-order valence-corrected chi connectivity index (χ1v) is 11.5. The Kier molecular flexibility index (Phi) is 6.72. The number of carbonyl (C=O) groups is 2. The van der Waals surface area contributed by atoms with Crippen LogP contribution in [0.3, 0.4) is 0 Å². The van der Waals surface area contributed by atoms with Crippen LogP contribution in [0.4, 0.5) is 4.79 Å². The van der Waals surface area contributed by atoms with Gasteiger partial charge >= 0.3 is 6.03 Å². The number of fused-ring (bicyclic) bond motifs is 4. The third-order valence-corrected chi connectivity index (χ3v) is 6.62. The normalized spacial score (nSPS) is 20.1. The number of aromatic nitrogens is 1. The van der Waals surface area contributed by atoms with Crippen LogP contribution in [0, 0.1) is 11.8 Å². The van der Waals surface area contributed by atoms with Crippen LogP contribution < -0.4 is 20.9 Å². The Morgan fingerprint density at radius 1 is 1.09 bits per heavy atom. The van der Waals surface area contributed by atoms with Gasteiger partial charge in [0.05, 0.1) is 7.11 Å². The van der Waals surface area contributed by atoms with Crippen LogP contribution in [-0.4, -0.2) is 47.6 Å². The van der Waals surface area contributed by atoms with Crippen molar-refractivity contribution < 1.29 is 14.3 Å². The molecule has 4 rings (SSSR count). The summed E-state index contributed by atoms with van der Waals surface area (Å²) in [6, 6.07) is 12.0. The summed E-state index contributed by atoms with van der Waals surface area (Å²) in [7, 11) is 1.61. The van der Waals surface area contributed by atoms with E-state index in [0.29, 0.717) is 26.2 Å². The Labute approximate surface area is 193 Å². The summed E-state index contributed by atoms with van der Waals surface area (Å²) in [5.41, 5.74) is 1.97. The number of rotatable bonds is 6. The number of benzene rings is 1. The summed E-state index contributed by atoms with van der Waals surface area (Å²) in [5, 5.41) is 5.89. The van der Waals surface area contributed by atoms with E-state index in [1.54, 1.807) is 24.1 Å².